The lowest BCUT2D eigenvalue weighted by Crippen LogP contribution is -2.33. The Labute approximate surface area is 126 Å². The van der Waals surface area contributed by atoms with Crippen molar-refractivity contribution in [3.63, 3.8) is 0 Å². The van der Waals surface area contributed by atoms with E-state index >= 15 is 0 Å². The predicted molar refractivity (Wildman–Crippen MR) is 84.6 cm³/mol. The van der Waals surface area contributed by atoms with Crippen LogP contribution < -0.4 is 4.74 Å². The number of hydrogen-bond acceptors (Lipinski definition) is 4. The molecule has 0 aliphatic carbocycles. The van der Waals surface area contributed by atoms with E-state index in [4.69, 9.17) is 9.84 Å². The van der Waals surface area contributed by atoms with E-state index in [9.17, 15) is 0 Å². The van der Waals surface area contributed by atoms with Crippen LogP contribution in [-0.4, -0.2) is 48.6 Å². The van der Waals surface area contributed by atoms with E-state index in [-0.39, 0.29) is 0 Å². The van der Waals surface area contributed by atoms with Crippen LogP contribution >= 0.6 is 11.8 Å². The molecule has 1 aliphatic rings. The lowest BCUT2D eigenvalue weighted by Gasteiger charge is -2.24. The van der Waals surface area contributed by atoms with Gasteiger partial charge in [-0.2, -0.15) is 0 Å². The number of rotatable bonds is 8. The minimum atomic E-state index is 0.308. The number of aliphatic hydroxyl groups excluding tert-OH is 1. The molecule has 0 radical (unpaired) electrons. The molecule has 0 spiro atoms. The molecule has 1 saturated heterocycles. The Kier molecular flexibility index (Phi) is 6.70. The van der Waals surface area contributed by atoms with Gasteiger partial charge >= 0.3 is 0 Å². The number of thioether (sulfide) groups is 1. The minimum Gasteiger partial charge on any atom is -0.492 e. The quantitative estimate of drug-likeness (QED) is 0.747. The highest BCUT2D eigenvalue weighted by Crippen LogP contribution is 2.22. The molecule has 2 rings (SSSR count). The fourth-order valence-electron chi connectivity index (χ4n) is 2.80. The molecule has 1 heterocycles. The van der Waals surface area contributed by atoms with Crippen LogP contribution in [0.5, 0.6) is 5.75 Å². The fourth-order valence-corrected chi connectivity index (χ4v) is 3.20. The van der Waals surface area contributed by atoms with Gasteiger partial charge in [0.2, 0.25) is 0 Å². The third-order valence-electron chi connectivity index (χ3n) is 3.90. The van der Waals surface area contributed by atoms with Crippen molar-refractivity contribution in [3.05, 3.63) is 24.3 Å². The normalized spacial score (nSPS) is 19.4. The first-order valence-corrected chi connectivity index (χ1v) is 8.67. The maximum Gasteiger partial charge on any atom is 0.119 e. The largest absolute Gasteiger partial charge is 0.492 e. The molecule has 1 atom stereocenters. The molecule has 0 aromatic heterocycles. The van der Waals surface area contributed by atoms with Crippen molar-refractivity contribution in [2.24, 2.45) is 0 Å². The summed E-state index contributed by atoms with van der Waals surface area (Å²) in [7, 11) is 0. The van der Waals surface area contributed by atoms with Crippen LogP contribution in [0.2, 0.25) is 0 Å². The topological polar surface area (TPSA) is 32.7 Å². The van der Waals surface area contributed by atoms with Crippen molar-refractivity contribution in [2.75, 3.05) is 32.6 Å². The van der Waals surface area contributed by atoms with Gasteiger partial charge in [0.25, 0.3) is 0 Å². The number of aliphatic hydroxyl groups is 1. The SMILES string of the molecule is CSc1ccc(OCCN2CCCC2CCCO)cc1. The van der Waals surface area contributed by atoms with Gasteiger partial charge in [0, 0.05) is 24.1 Å². The molecule has 20 heavy (non-hydrogen) atoms. The van der Waals surface area contributed by atoms with Gasteiger partial charge in [-0.3, -0.25) is 4.90 Å². The molecule has 112 valence electrons. The van der Waals surface area contributed by atoms with E-state index in [0.717, 1.165) is 31.7 Å². The molecule has 1 aliphatic heterocycles. The Hall–Kier alpha value is -0.710. The second-order valence-corrected chi connectivity index (χ2v) is 6.10. The van der Waals surface area contributed by atoms with Crippen LogP contribution in [0.3, 0.4) is 0 Å². The predicted octanol–water partition coefficient (Wildman–Crippen LogP) is 3.02. The third kappa shape index (κ3) is 4.69. The van der Waals surface area contributed by atoms with Crippen LogP contribution in [-0.2, 0) is 0 Å². The van der Waals surface area contributed by atoms with Crippen molar-refractivity contribution in [2.45, 2.75) is 36.6 Å². The summed E-state index contributed by atoms with van der Waals surface area (Å²) in [6.07, 6.45) is 6.65. The maximum absolute atomic E-state index is 8.94. The fraction of sp³-hybridized carbons (Fsp3) is 0.625. The van der Waals surface area contributed by atoms with Crippen LogP contribution in [0, 0.1) is 0 Å². The summed E-state index contributed by atoms with van der Waals surface area (Å²) in [5.74, 6) is 0.953. The van der Waals surface area contributed by atoms with Crippen molar-refractivity contribution in [3.8, 4) is 5.75 Å². The third-order valence-corrected chi connectivity index (χ3v) is 4.64. The van der Waals surface area contributed by atoms with Crippen LogP contribution in [0.25, 0.3) is 0 Å². The van der Waals surface area contributed by atoms with E-state index in [2.05, 4.69) is 23.3 Å². The molecule has 1 fully saturated rings. The van der Waals surface area contributed by atoms with Crippen molar-refractivity contribution in [1.82, 2.24) is 4.90 Å². The van der Waals surface area contributed by atoms with Gasteiger partial charge in [-0.25, -0.2) is 0 Å². The Morgan fingerprint density at radius 2 is 2.15 bits per heavy atom. The van der Waals surface area contributed by atoms with Gasteiger partial charge in [-0.15, -0.1) is 11.8 Å². The molecule has 0 bridgehead atoms. The zero-order valence-corrected chi connectivity index (χ0v) is 13.1. The van der Waals surface area contributed by atoms with E-state index in [1.807, 2.05) is 12.1 Å². The summed E-state index contributed by atoms with van der Waals surface area (Å²) in [6, 6.07) is 8.92. The van der Waals surface area contributed by atoms with Gasteiger partial charge < -0.3 is 9.84 Å². The van der Waals surface area contributed by atoms with Crippen LogP contribution in [0.15, 0.2) is 29.2 Å². The second-order valence-electron chi connectivity index (χ2n) is 5.22. The Morgan fingerprint density at radius 3 is 2.85 bits per heavy atom. The zero-order chi connectivity index (χ0) is 14.2. The highest BCUT2D eigenvalue weighted by molar-refractivity contribution is 7.98. The molecular formula is C16H25NO2S. The highest BCUT2D eigenvalue weighted by atomic mass is 32.2. The van der Waals surface area contributed by atoms with E-state index < -0.39 is 0 Å². The first kappa shape index (κ1) is 15.7. The number of likely N-dealkylation sites (tertiary alicyclic amines) is 1. The molecule has 1 unspecified atom stereocenters. The monoisotopic (exact) mass is 295 g/mol. The second kappa shape index (κ2) is 8.55. The summed E-state index contributed by atoms with van der Waals surface area (Å²) < 4.78 is 5.82. The minimum absolute atomic E-state index is 0.308. The first-order chi connectivity index (χ1) is 9.83. The smallest absolute Gasteiger partial charge is 0.119 e. The summed E-state index contributed by atoms with van der Waals surface area (Å²) in [6.45, 7) is 3.21. The number of nitrogens with zero attached hydrogens (tertiary/aromatic N) is 1. The Balaban J connectivity index is 1.71. The number of benzene rings is 1. The van der Waals surface area contributed by atoms with Gasteiger partial charge in [-0.1, -0.05) is 0 Å². The number of hydrogen-bond donors (Lipinski definition) is 1. The van der Waals surface area contributed by atoms with Crippen LogP contribution in [0.4, 0.5) is 0 Å². The van der Waals surface area contributed by atoms with E-state index in [1.165, 1.54) is 24.3 Å². The Morgan fingerprint density at radius 1 is 1.35 bits per heavy atom. The molecule has 1 aromatic rings. The van der Waals surface area contributed by atoms with E-state index in [1.54, 1.807) is 11.8 Å². The summed E-state index contributed by atoms with van der Waals surface area (Å²) in [5, 5.41) is 8.94. The first-order valence-electron chi connectivity index (χ1n) is 7.45. The van der Waals surface area contributed by atoms with Gasteiger partial charge in [0.15, 0.2) is 0 Å². The molecule has 1 aromatic carbocycles. The molecule has 0 saturated carbocycles. The molecule has 0 amide bonds. The van der Waals surface area contributed by atoms with Crippen molar-refractivity contribution >= 4 is 11.8 Å². The van der Waals surface area contributed by atoms with Gasteiger partial charge in [0.05, 0.1) is 0 Å². The average Bonchev–Trinajstić information content (AvgIpc) is 2.93. The Bertz CT molecular complexity index is 383. The van der Waals surface area contributed by atoms with Crippen LogP contribution in [0.1, 0.15) is 25.7 Å². The highest BCUT2D eigenvalue weighted by Gasteiger charge is 2.23. The molecule has 4 heteroatoms. The van der Waals surface area contributed by atoms with Gasteiger partial charge in [-0.05, 0) is 62.7 Å². The summed E-state index contributed by atoms with van der Waals surface area (Å²) in [5.41, 5.74) is 0. The molecule has 1 N–H and O–H groups in total. The van der Waals surface area contributed by atoms with Gasteiger partial charge in [0.1, 0.15) is 12.4 Å². The molecular weight excluding hydrogens is 270 g/mol. The zero-order valence-electron chi connectivity index (χ0n) is 12.3. The molecule has 3 nitrogen and oxygen atoms in total. The summed E-state index contributed by atoms with van der Waals surface area (Å²) in [4.78, 5) is 3.77. The van der Waals surface area contributed by atoms with E-state index in [0.29, 0.717) is 12.6 Å². The maximum atomic E-state index is 8.94. The average molecular weight is 295 g/mol. The number of ether oxygens (including phenoxy) is 1. The van der Waals surface area contributed by atoms with Crippen molar-refractivity contribution in [1.29, 1.82) is 0 Å². The van der Waals surface area contributed by atoms with Crippen molar-refractivity contribution < 1.29 is 9.84 Å². The lowest BCUT2D eigenvalue weighted by atomic mass is 10.1. The standard InChI is InChI=1S/C16H25NO2S/c1-20-16-8-6-15(7-9-16)19-13-11-17-10-2-4-14(17)5-3-12-18/h6-9,14,18H,2-5,10-13H2,1H3. The summed E-state index contributed by atoms with van der Waals surface area (Å²) >= 11 is 1.75. The lowest BCUT2D eigenvalue weighted by molar-refractivity contribution is 0.180.